The summed E-state index contributed by atoms with van der Waals surface area (Å²) >= 11 is 18.1. The van der Waals surface area contributed by atoms with Crippen LogP contribution in [0.25, 0.3) is 0 Å². The zero-order valence-corrected chi connectivity index (χ0v) is 12.7. The lowest BCUT2D eigenvalue weighted by Gasteiger charge is -2.40. The number of alkyl halides is 1. The highest BCUT2D eigenvalue weighted by atomic mass is 35.5. The summed E-state index contributed by atoms with van der Waals surface area (Å²) in [6, 6.07) is 5.11. The summed E-state index contributed by atoms with van der Waals surface area (Å²) in [6.45, 7) is 1.03. The molecule has 1 aliphatic carbocycles. The molecular formula is C13H15Cl3O3. The standard InChI is InChI=1S/C13H15Cl3O3/c1-17-4-5-18-13-10(16)7-12(13)19-11-6-8(14)2-3-9(11)15/h2-3,6,10,12-13H,4-5,7H2,1H3. The number of hydrogen-bond donors (Lipinski definition) is 0. The molecule has 3 unspecified atom stereocenters. The first-order valence-electron chi connectivity index (χ1n) is 5.98. The number of halogens is 3. The molecule has 0 aromatic heterocycles. The van der Waals surface area contributed by atoms with Gasteiger partial charge in [0.25, 0.3) is 0 Å². The molecule has 0 amide bonds. The molecule has 3 nitrogen and oxygen atoms in total. The van der Waals surface area contributed by atoms with E-state index in [-0.39, 0.29) is 17.6 Å². The summed E-state index contributed by atoms with van der Waals surface area (Å²) in [7, 11) is 1.63. The Kier molecular flexibility index (Phi) is 5.60. The molecule has 0 N–H and O–H groups in total. The van der Waals surface area contributed by atoms with Gasteiger partial charge in [-0.3, -0.25) is 0 Å². The van der Waals surface area contributed by atoms with Crippen LogP contribution in [0.4, 0.5) is 0 Å². The van der Waals surface area contributed by atoms with Crippen LogP contribution in [0.3, 0.4) is 0 Å². The third kappa shape index (κ3) is 3.89. The molecule has 1 aliphatic rings. The second kappa shape index (κ2) is 7.00. The molecule has 0 spiro atoms. The molecule has 1 aromatic carbocycles. The Labute approximate surface area is 127 Å². The third-order valence-corrected chi connectivity index (χ3v) is 3.92. The van der Waals surface area contributed by atoms with Crippen molar-refractivity contribution in [2.24, 2.45) is 0 Å². The zero-order chi connectivity index (χ0) is 13.8. The second-order valence-corrected chi connectivity index (χ2v) is 5.72. The van der Waals surface area contributed by atoms with Crippen molar-refractivity contribution in [2.75, 3.05) is 20.3 Å². The van der Waals surface area contributed by atoms with Crippen LogP contribution in [0, 0.1) is 0 Å². The minimum absolute atomic E-state index is 0.0418. The number of rotatable bonds is 6. The van der Waals surface area contributed by atoms with Crippen LogP contribution in [0.2, 0.25) is 10.0 Å². The molecule has 0 radical (unpaired) electrons. The van der Waals surface area contributed by atoms with Gasteiger partial charge >= 0.3 is 0 Å². The average molecular weight is 326 g/mol. The molecule has 19 heavy (non-hydrogen) atoms. The SMILES string of the molecule is COCCOC1C(Cl)CC1Oc1cc(Cl)ccc1Cl. The van der Waals surface area contributed by atoms with Gasteiger partial charge in [0.2, 0.25) is 0 Å². The molecule has 2 rings (SSSR count). The van der Waals surface area contributed by atoms with E-state index in [0.29, 0.717) is 29.0 Å². The highest BCUT2D eigenvalue weighted by molar-refractivity contribution is 6.34. The van der Waals surface area contributed by atoms with E-state index in [1.54, 1.807) is 25.3 Å². The fraction of sp³-hybridized carbons (Fsp3) is 0.538. The average Bonchev–Trinajstić information content (AvgIpc) is 2.38. The van der Waals surface area contributed by atoms with E-state index in [0.717, 1.165) is 6.42 Å². The monoisotopic (exact) mass is 324 g/mol. The lowest BCUT2D eigenvalue weighted by molar-refractivity contribution is -0.0898. The largest absolute Gasteiger partial charge is 0.486 e. The number of hydrogen-bond acceptors (Lipinski definition) is 3. The first-order chi connectivity index (χ1) is 9.11. The van der Waals surface area contributed by atoms with Crippen molar-refractivity contribution in [3.63, 3.8) is 0 Å². The van der Waals surface area contributed by atoms with Crippen molar-refractivity contribution in [1.82, 2.24) is 0 Å². The van der Waals surface area contributed by atoms with Gasteiger partial charge in [0.05, 0.1) is 23.6 Å². The smallest absolute Gasteiger partial charge is 0.139 e. The van der Waals surface area contributed by atoms with E-state index in [1.807, 2.05) is 0 Å². The van der Waals surface area contributed by atoms with Gasteiger partial charge in [-0.05, 0) is 12.1 Å². The maximum atomic E-state index is 6.12. The summed E-state index contributed by atoms with van der Waals surface area (Å²) in [4.78, 5) is 0. The predicted molar refractivity (Wildman–Crippen MR) is 76.8 cm³/mol. The zero-order valence-electron chi connectivity index (χ0n) is 10.4. The quantitative estimate of drug-likeness (QED) is 0.588. The van der Waals surface area contributed by atoms with Crippen molar-refractivity contribution in [1.29, 1.82) is 0 Å². The Morgan fingerprint density at radius 1 is 1.26 bits per heavy atom. The van der Waals surface area contributed by atoms with Gasteiger partial charge in [-0.1, -0.05) is 23.2 Å². The Hall–Kier alpha value is -0.190. The van der Waals surface area contributed by atoms with Gasteiger partial charge in [-0.2, -0.15) is 0 Å². The minimum Gasteiger partial charge on any atom is -0.486 e. The number of ether oxygens (including phenoxy) is 3. The van der Waals surface area contributed by atoms with Gasteiger partial charge in [0, 0.05) is 24.6 Å². The van der Waals surface area contributed by atoms with Crippen molar-refractivity contribution in [2.45, 2.75) is 24.0 Å². The fourth-order valence-corrected chi connectivity index (χ4v) is 2.59. The first kappa shape index (κ1) is 15.2. The summed E-state index contributed by atoms with van der Waals surface area (Å²) in [5.41, 5.74) is 0. The van der Waals surface area contributed by atoms with Crippen LogP contribution in [-0.2, 0) is 9.47 Å². The van der Waals surface area contributed by atoms with E-state index < -0.39 is 0 Å². The highest BCUT2D eigenvalue weighted by Crippen LogP contribution is 2.36. The van der Waals surface area contributed by atoms with Gasteiger partial charge < -0.3 is 14.2 Å². The van der Waals surface area contributed by atoms with E-state index in [9.17, 15) is 0 Å². The lowest BCUT2D eigenvalue weighted by atomic mass is 9.91. The topological polar surface area (TPSA) is 27.7 Å². The molecule has 106 valence electrons. The lowest BCUT2D eigenvalue weighted by Crippen LogP contribution is -2.53. The van der Waals surface area contributed by atoms with Crippen LogP contribution in [-0.4, -0.2) is 37.9 Å². The molecule has 1 fully saturated rings. The van der Waals surface area contributed by atoms with E-state index in [2.05, 4.69) is 0 Å². The molecule has 1 saturated carbocycles. The van der Waals surface area contributed by atoms with Gasteiger partial charge in [-0.25, -0.2) is 0 Å². The number of methoxy groups -OCH3 is 1. The van der Waals surface area contributed by atoms with Crippen molar-refractivity contribution < 1.29 is 14.2 Å². The van der Waals surface area contributed by atoms with Gasteiger partial charge in [-0.15, -0.1) is 11.6 Å². The van der Waals surface area contributed by atoms with Crippen LogP contribution < -0.4 is 4.74 Å². The van der Waals surface area contributed by atoms with Crippen molar-refractivity contribution in [3.05, 3.63) is 28.2 Å². The molecular weight excluding hydrogens is 310 g/mol. The van der Waals surface area contributed by atoms with Crippen LogP contribution >= 0.6 is 34.8 Å². The van der Waals surface area contributed by atoms with Gasteiger partial charge in [0.15, 0.2) is 0 Å². The Morgan fingerprint density at radius 2 is 2.05 bits per heavy atom. The summed E-state index contributed by atoms with van der Waals surface area (Å²) < 4.78 is 16.4. The molecule has 3 atom stereocenters. The van der Waals surface area contributed by atoms with Gasteiger partial charge in [0.1, 0.15) is 18.0 Å². The molecule has 0 saturated heterocycles. The maximum absolute atomic E-state index is 6.12. The van der Waals surface area contributed by atoms with E-state index in [1.165, 1.54) is 0 Å². The molecule has 0 heterocycles. The summed E-state index contributed by atoms with van der Waals surface area (Å²) in [6.07, 6.45) is 0.476. The number of benzene rings is 1. The fourth-order valence-electron chi connectivity index (χ4n) is 1.85. The summed E-state index contributed by atoms with van der Waals surface area (Å²) in [5.74, 6) is 0.558. The Morgan fingerprint density at radius 3 is 2.74 bits per heavy atom. The van der Waals surface area contributed by atoms with Crippen LogP contribution in [0.1, 0.15) is 6.42 Å². The third-order valence-electron chi connectivity index (χ3n) is 2.95. The molecule has 6 heteroatoms. The Bertz CT molecular complexity index is 428. The predicted octanol–water partition coefficient (Wildman–Crippen LogP) is 3.78. The van der Waals surface area contributed by atoms with Crippen LogP contribution in [0.5, 0.6) is 5.75 Å². The molecule has 0 bridgehead atoms. The maximum Gasteiger partial charge on any atom is 0.139 e. The van der Waals surface area contributed by atoms with Crippen molar-refractivity contribution >= 4 is 34.8 Å². The second-order valence-electron chi connectivity index (χ2n) is 4.31. The highest BCUT2D eigenvalue weighted by Gasteiger charge is 2.43. The summed E-state index contributed by atoms with van der Waals surface area (Å²) in [5, 5.41) is 1.07. The molecule has 1 aromatic rings. The Balaban J connectivity index is 1.93. The molecule has 0 aliphatic heterocycles. The first-order valence-corrected chi connectivity index (χ1v) is 7.17. The van der Waals surface area contributed by atoms with E-state index in [4.69, 9.17) is 49.0 Å². The minimum atomic E-state index is -0.146. The van der Waals surface area contributed by atoms with E-state index >= 15 is 0 Å². The van der Waals surface area contributed by atoms with Crippen LogP contribution in [0.15, 0.2) is 18.2 Å². The normalized spacial score (nSPS) is 26.0. The van der Waals surface area contributed by atoms with Crippen molar-refractivity contribution in [3.8, 4) is 5.75 Å².